The average molecular weight is 407 g/mol. The summed E-state index contributed by atoms with van der Waals surface area (Å²) in [6, 6.07) is 14.2. The van der Waals surface area contributed by atoms with E-state index >= 15 is 0 Å². The van der Waals surface area contributed by atoms with Gasteiger partial charge >= 0.3 is 0 Å². The summed E-state index contributed by atoms with van der Waals surface area (Å²) in [5, 5.41) is 13.6. The number of benzene rings is 1. The summed E-state index contributed by atoms with van der Waals surface area (Å²) in [5.41, 5.74) is 4.45. The lowest BCUT2D eigenvalue weighted by molar-refractivity contribution is 0.0944. The number of aliphatic hydroxyl groups is 1. The first-order valence-electron chi connectivity index (χ1n) is 10.8. The minimum atomic E-state index is -0.139. The molecule has 3 aromatic rings. The van der Waals surface area contributed by atoms with Crippen molar-refractivity contribution in [1.29, 1.82) is 0 Å². The van der Waals surface area contributed by atoms with Crippen LogP contribution < -0.4 is 5.32 Å². The van der Waals surface area contributed by atoms with E-state index in [-0.39, 0.29) is 18.6 Å². The van der Waals surface area contributed by atoms with Crippen LogP contribution in [0.15, 0.2) is 42.5 Å². The van der Waals surface area contributed by atoms with Crippen molar-refractivity contribution in [2.45, 2.75) is 39.3 Å². The fourth-order valence-corrected chi connectivity index (χ4v) is 4.08. The van der Waals surface area contributed by atoms with Gasteiger partial charge in [-0.1, -0.05) is 26.0 Å². The minimum Gasteiger partial charge on any atom is -0.395 e. The zero-order valence-corrected chi connectivity index (χ0v) is 17.7. The third kappa shape index (κ3) is 4.55. The molecule has 158 valence electrons. The number of hydrogen-bond donors (Lipinski definition) is 3. The molecule has 1 fully saturated rings. The number of fused-ring (bicyclic) bond motifs is 1. The van der Waals surface area contributed by atoms with Crippen LogP contribution in [0.4, 0.5) is 0 Å². The van der Waals surface area contributed by atoms with Crippen LogP contribution in [0.1, 0.15) is 42.9 Å². The Morgan fingerprint density at radius 3 is 2.97 bits per heavy atom. The number of aromatic nitrogens is 2. The third-order valence-electron chi connectivity index (χ3n) is 5.71. The van der Waals surface area contributed by atoms with Gasteiger partial charge in [0.25, 0.3) is 5.91 Å². The first-order chi connectivity index (χ1) is 14.5. The number of pyridine rings is 1. The van der Waals surface area contributed by atoms with Gasteiger partial charge in [-0.3, -0.25) is 9.69 Å². The summed E-state index contributed by atoms with van der Waals surface area (Å²) in [6.45, 7) is 6.84. The topological polar surface area (TPSA) is 81.2 Å². The lowest BCUT2D eigenvalue weighted by Gasteiger charge is -2.21. The Bertz CT molecular complexity index is 1030. The smallest absolute Gasteiger partial charge is 0.269 e. The molecule has 0 saturated carbocycles. The van der Waals surface area contributed by atoms with E-state index in [1.54, 1.807) is 6.07 Å². The number of aliphatic hydroxyl groups excluding tert-OH is 1. The number of rotatable bonds is 7. The molecule has 3 heterocycles. The number of carbonyl (C=O) groups excluding carboxylic acids is 1. The van der Waals surface area contributed by atoms with Crippen molar-refractivity contribution in [2.75, 3.05) is 19.7 Å². The Hall–Kier alpha value is -2.70. The van der Waals surface area contributed by atoms with Crippen LogP contribution in [0.5, 0.6) is 0 Å². The van der Waals surface area contributed by atoms with Crippen LogP contribution in [-0.4, -0.2) is 51.6 Å². The Morgan fingerprint density at radius 2 is 2.17 bits per heavy atom. The molecule has 0 radical (unpaired) electrons. The van der Waals surface area contributed by atoms with Gasteiger partial charge in [0, 0.05) is 41.3 Å². The predicted molar refractivity (Wildman–Crippen MR) is 119 cm³/mol. The van der Waals surface area contributed by atoms with E-state index in [9.17, 15) is 9.90 Å². The second-order valence-electron chi connectivity index (χ2n) is 8.56. The Kier molecular flexibility index (Phi) is 6.16. The lowest BCUT2D eigenvalue weighted by Crippen LogP contribution is -2.31. The van der Waals surface area contributed by atoms with Crippen molar-refractivity contribution in [3.63, 3.8) is 0 Å². The maximum atomic E-state index is 12.4. The first kappa shape index (κ1) is 20.6. The molecule has 1 aliphatic heterocycles. The van der Waals surface area contributed by atoms with Crippen LogP contribution in [0.2, 0.25) is 0 Å². The molecule has 6 heteroatoms. The zero-order valence-electron chi connectivity index (χ0n) is 17.7. The van der Waals surface area contributed by atoms with Crippen molar-refractivity contribution in [3.05, 3.63) is 53.9 Å². The molecular formula is C24H30N4O2. The van der Waals surface area contributed by atoms with Crippen molar-refractivity contribution in [1.82, 2.24) is 20.2 Å². The minimum absolute atomic E-state index is 0.139. The highest BCUT2D eigenvalue weighted by molar-refractivity contribution is 5.93. The van der Waals surface area contributed by atoms with E-state index < -0.39 is 0 Å². The maximum absolute atomic E-state index is 12.4. The van der Waals surface area contributed by atoms with Crippen LogP contribution >= 0.6 is 0 Å². The number of nitrogens with one attached hydrogen (secondary N) is 2. The molecule has 4 rings (SSSR count). The summed E-state index contributed by atoms with van der Waals surface area (Å²) in [5.74, 6) is 0.259. The molecule has 0 spiro atoms. The van der Waals surface area contributed by atoms with Gasteiger partial charge in [-0.05, 0) is 55.6 Å². The molecule has 1 saturated heterocycles. The molecule has 0 unspecified atom stereocenters. The van der Waals surface area contributed by atoms with E-state index in [1.807, 2.05) is 18.2 Å². The largest absolute Gasteiger partial charge is 0.395 e. The second-order valence-corrected chi connectivity index (χ2v) is 8.56. The maximum Gasteiger partial charge on any atom is 0.269 e. The number of likely N-dealkylation sites (tertiary alicyclic amines) is 1. The third-order valence-corrected chi connectivity index (χ3v) is 5.71. The lowest BCUT2D eigenvalue weighted by atomic mass is 10.1. The first-order valence-corrected chi connectivity index (χ1v) is 10.8. The van der Waals surface area contributed by atoms with Crippen molar-refractivity contribution in [2.24, 2.45) is 5.92 Å². The molecule has 30 heavy (non-hydrogen) atoms. The fraction of sp³-hybridized carbons (Fsp3) is 0.417. The molecule has 6 nitrogen and oxygen atoms in total. The van der Waals surface area contributed by atoms with Crippen molar-refractivity contribution in [3.8, 4) is 11.3 Å². The molecule has 1 aromatic carbocycles. The van der Waals surface area contributed by atoms with Crippen LogP contribution in [0.3, 0.4) is 0 Å². The van der Waals surface area contributed by atoms with Gasteiger partial charge in [-0.2, -0.15) is 0 Å². The van der Waals surface area contributed by atoms with E-state index in [4.69, 9.17) is 0 Å². The van der Waals surface area contributed by atoms with Gasteiger partial charge in [0.1, 0.15) is 5.69 Å². The van der Waals surface area contributed by atoms with E-state index in [2.05, 4.69) is 52.2 Å². The highest BCUT2D eigenvalue weighted by Crippen LogP contribution is 2.26. The van der Waals surface area contributed by atoms with Crippen LogP contribution in [0.25, 0.3) is 22.2 Å². The molecule has 1 aliphatic rings. The van der Waals surface area contributed by atoms with Gasteiger partial charge in [0.15, 0.2) is 0 Å². The SMILES string of the molecule is CC(C)CNC(=O)c1cccc(-c2ccc3[nH]c(CN4CCC[C@@H]4CO)cc3c2)n1. The van der Waals surface area contributed by atoms with Crippen LogP contribution in [0, 0.1) is 5.92 Å². The van der Waals surface area contributed by atoms with Crippen molar-refractivity contribution < 1.29 is 9.90 Å². The highest BCUT2D eigenvalue weighted by Gasteiger charge is 2.24. The van der Waals surface area contributed by atoms with Crippen LogP contribution in [-0.2, 0) is 6.54 Å². The number of H-pyrrole nitrogens is 1. The fourth-order valence-electron chi connectivity index (χ4n) is 4.08. The standard InChI is InChI=1S/C24H30N4O2/c1-16(2)13-25-24(30)23-7-3-6-21(27-23)17-8-9-22-18(11-17)12-19(26-22)14-28-10-4-5-20(28)15-29/h3,6-9,11-12,16,20,26,29H,4-5,10,13-15H2,1-2H3,(H,25,30)/t20-/m1/s1. The normalized spacial score (nSPS) is 17.1. The summed E-state index contributed by atoms with van der Waals surface area (Å²) < 4.78 is 0. The van der Waals surface area contributed by atoms with Gasteiger partial charge < -0.3 is 15.4 Å². The van der Waals surface area contributed by atoms with E-state index in [1.165, 1.54) is 0 Å². The van der Waals surface area contributed by atoms with Gasteiger partial charge in [-0.25, -0.2) is 4.98 Å². The summed E-state index contributed by atoms with van der Waals surface area (Å²) >= 11 is 0. The van der Waals surface area contributed by atoms with Gasteiger partial charge in [-0.15, -0.1) is 0 Å². The molecule has 3 N–H and O–H groups in total. The monoisotopic (exact) mass is 406 g/mol. The Morgan fingerprint density at radius 1 is 1.30 bits per heavy atom. The van der Waals surface area contributed by atoms with Gasteiger partial charge in [0.2, 0.25) is 0 Å². The molecular weight excluding hydrogens is 376 g/mol. The van der Waals surface area contributed by atoms with Gasteiger partial charge in [0.05, 0.1) is 12.3 Å². The summed E-state index contributed by atoms with van der Waals surface area (Å²) in [7, 11) is 0. The number of hydrogen-bond acceptors (Lipinski definition) is 4. The highest BCUT2D eigenvalue weighted by atomic mass is 16.3. The Balaban J connectivity index is 1.54. The van der Waals surface area contributed by atoms with E-state index in [0.29, 0.717) is 18.2 Å². The number of carbonyl (C=O) groups is 1. The number of nitrogens with zero attached hydrogens (tertiary/aromatic N) is 2. The zero-order chi connectivity index (χ0) is 21.1. The quantitative estimate of drug-likeness (QED) is 0.560. The number of aromatic amines is 1. The second kappa shape index (κ2) is 8.98. The molecule has 1 amide bonds. The van der Waals surface area contributed by atoms with E-state index in [0.717, 1.165) is 53.8 Å². The van der Waals surface area contributed by atoms with Crippen molar-refractivity contribution >= 4 is 16.8 Å². The molecule has 1 atom stereocenters. The molecule has 0 bridgehead atoms. The number of amides is 1. The molecule has 2 aromatic heterocycles. The summed E-state index contributed by atoms with van der Waals surface area (Å²) in [6.07, 6.45) is 2.20. The average Bonchev–Trinajstić information content (AvgIpc) is 3.37. The molecule has 0 aliphatic carbocycles. The Labute approximate surface area is 177 Å². The predicted octanol–water partition coefficient (Wildman–Crippen LogP) is 3.57. The summed E-state index contributed by atoms with van der Waals surface area (Å²) in [4.78, 5) is 22.8.